The van der Waals surface area contributed by atoms with Crippen molar-refractivity contribution in [2.75, 3.05) is 6.54 Å². The molecule has 0 atom stereocenters. The molecule has 3 rings (SSSR count). The number of rotatable bonds is 4. The number of hydrogen-bond acceptors (Lipinski definition) is 3. The number of fused-ring (bicyclic) bond motifs is 1. The van der Waals surface area contributed by atoms with Crippen molar-refractivity contribution in [1.29, 1.82) is 0 Å². The molecule has 2 aromatic rings. The van der Waals surface area contributed by atoms with E-state index < -0.39 is 11.5 Å². The summed E-state index contributed by atoms with van der Waals surface area (Å²) in [7, 11) is 0. The summed E-state index contributed by atoms with van der Waals surface area (Å²) in [5, 5.41) is 18.9. The van der Waals surface area contributed by atoms with E-state index in [1.807, 2.05) is 45.0 Å². The third-order valence-corrected chi connectivity index (χ3v) is 4.92. The van der Waals surface area contributed by atoms with E-state index in [0.717, 1.165) is 22.4 Å². The summed E-state index contributed by atoms with van der Waals surface area (Å²) in [5.41, 5.74) is 3.72. The van der Waals surface area contributed by atoms with Gasteiger partial charge in [-0.1, -0.05) is 30.4 Å². The van der Waals surface area contributed by atoms with E-state index in [0.29, 0.717) is 18.5 Å². The van der Waals surface area contributed by atoms with Gasteiger partial charge in [0.1, 0.15) is 0 Å². The zero-order valence-corrected chi connectivity index (χ0v) is 15.8. The molecule has 27 heavy (non-hydrogen) atoms. The Labute approximate surface area is 158 Å². The van der Waals surface area contributed by atoms with Crippen molar-refractivity contribution in [1.82, 2.24) is 20.4 Å². The Bertz CT molecular complexity index is 914. The maximum absolute atomic E-state index is 12.8. The number of nitrogens with zero attached hydrogens (tertiary/aromatic N) is 2. The van der Waals surface area contributed by atoms with Gasteiger partial charge in [-0.3, -0.25) is 5.10 Å². The van der Waals surface area contributed by atoms with Crippen LogP contribution in [-0.4, -0.2) is 38.7 Å². The summed E-state index contributed by atoms with van der Waals surface area (Å²) in [6.45, 7) is 10.5. The van der Waals surface area contributed by atoms with Gasteiger partial charge in [-0.05, 0) is 38.0 Å². The van der Waals surface area contributed by atoms with Gasteiger partial charge in [-0.15, -0.1) is 0 Å². The summed E-state index contributed by atoms with van der Waals surface area (Å²) in [5.74, 6) is -1.09. The molecule has 1 aromatic carbocycles. The molecule has 1 aliphatic rings. The van der Waals surface area contributed by atoms with E-state index in [-0.39, 0.29) is 18.3 Å². The molecule has 7 nitrogen and oxygen atoms in total. The van der Waals surface area contributed by atoms with Gasteiger partial charge in [0.2, 0.25) is 0 Å². The van der Waals surface area contributed by atoms with Crippen LogP contribution < -0.4 is 5.32 Å². The lowest BCUT2D eigenvalue weighted by atomic mass is 9.91. The predicted octanol–water partition coefficient (Wildman–Crippen LogP) is 3.14. The monoisotopic (exact) mass is 368 g/mol. The summed E-state index contributed by atoms with van der Waals surface area (Å²) < 4.78 is 0. The second kappa shape index (κ2) is 6.90. The number of H-pyrrole nitrogens is 1. The number of carboxylic acids is 1. The van der Waals surface area contributed by atoms with Crippen molar-refractivity contribution in [3.05, 3.63) is 58.9 Å². The zero-order valence-electron chi connectivity index (χ0n) is 15.8. The van der Waals surface area contributed by atoms with Gasteiger partial charge >= 0.3 is 12.0 Å². The minimum absolute atomic E-state index is 0.0177. The molecule has 7 heteroatoms. The second-order valence-corrected chi connectivity index (χ2v) is 7.42. The van der Waals surface area contributed by atoms with Crippen molar-refractivity contribution in [2.45, 2.75) is 39.3 Å². The predicted molar refractivity (Wildman–Crippen MR) is 102 cm³/mol. The van der Waals surface area contributed by atoms with Crippen LogP contribution in [-0.2, 0) is 18.5 Å². The Kier molecular flexibility index (Phi) is 4.78. The standard InChI is InChI=1S/C20H24N4O3/c1-12(2)13-6-5-7-14(10-13)20(3,4)21-19(27)24-9-8-16-15(11-24)17(18(25)26)23-22-16/h5-7,10H,1,8-9,11H2,2-4H3,(H,21,27)(H,22,23)(H,25,26). The SMILES string of the molecule is C=C(C)c1cccc(C(C)(C)NC(=O)N2CCc3[nH]nc(C(=O)O)c3C2)c1. The van der Waals surface area contributed by atoms with Crippen LogP contribution in [0.1, 0.15) is 53.6 Å². The van der Waals surface area contributed by atoms with Crippen LogP contribution in [0.3, 0.4) is 0 Å². The Morgan fingerprint density at radius 3 is 2.78 bits per heavy atom. The number of benzene rings is 1. The fourth-order valence-corrected chi connectivity index (χ4v) is 3.24. The van der Waals surface area contributed by atoms with Crippen LogP contribution in [0.25, 0.3) is 5.57 Å². The molecule has 2 amide bonds. The fraction of sp³-hybridized carbons (Fsp3) is 0.350. The highest BCUT2D eigenvalue weighted by atomic mass is 16.4. The van der Waals surface area contributed by atoms with Crippen LogP contribution in [0.2, 0.25) is 0 Å². The van der Waals surface area contributed by atoms with E-state index in [2.05, 4.69) is 22.1 Å². The first-order valence-corrected chi connectivity index (χ1v) is 8.82. The van der Waals surface area contributed by atoms with Crippen LogP contribution in [0.5, 0.6) is 0 Å². The van der Waals surface area contributed by atoms with E-state index in [4.69, 9.17) is 0 Å². The van der Waals surface area contributed by atoms with Crippen molar-refractivity contribution in [2.24, 2.45) is 0 Å². The van der Waals surface area contributed by atoms with E-state index in [1.165, 1.54) is 0 Å². The molecule has 0 unspecified atom stereocenters. The van der Waals surface area contributed by atoms with Crippen molar-refractivity contribution in [3.63, 3.8) is 0 Å². The number of carbonyl (C=O) groups excluding carboxylic acids is 1. The first-order valence-electron chi connectivity index (χ1n) is 8.82. The number of aromatic carboxylic acids is 1. The Morgan fingerprint density at radius 1 is 1.37 bits per heavy atom. The number of allylic oxidation sites excluding steroid dienone is 1. The molecule has 3 N–H and O–H groups in total. The Morgan fingerprint density at radius 2 is 2.11 bits per heavy atom. The smallest absolute Gasteiger partial charge is 0.356 e. The lowest BCUT2D eigenvalue weighted by molar-refractivity contribution is 0.0687. The Hall–Kier alpha value is -3.09. The second-order valence-electron chi connectivity index (χ2n) is 7.42. The van der Waals surface area contributed by atoms with Crippen LogP contribution >= 0.6 is 0 Å². The highest BCUT2D eigenvalue weighted by molar-refractivity contribution is 5.87. The molecule has 0 bridgehead atoms. The van der Waals surface area contributed by atoms with Crippen molar-refractivity contribution < 1.29 is 14.7 Å². The number of urea groups is 1. The van der Waals surface area contributed by atoms with Gasteiger partial charge in [0.05, 0.1) is 12.1 Å². The third-order valence-electron chi connectivity index (χ3n) is 4.92. The average molecular weight is 368 g/mol. The number of aromatic nitrogens is 2. The maximum Gasteiger partial charge on any atom is 0.356 e. The largest absolute Gasteiger partial charge is 0.476 e. The topological polar surface area (TPSA) is 98.3 Å². The van der Waals surface area contributed by atoms with Gasteiger partial charge in [-0.2, -0.15) is 5.10 Å². The van der Waals surface area contributed by atoms with Gasteiger partial charge in [0.15, 0.2) is 5.69 Å². The molecule has 142 valence electrons. The molecule has 0 spiro atoms. The van der Waals surface area contributed by atoms with Crippen LogP contribution in [0, 0.1) is 0 Å². The molecule has 0 saturated carbocycles. The lowest BCUT2D eigenvalue weighted by Crippen LogP contribution is -2.49. The molecule has 0 aliphatic carbocycles. The first-order chi connectivity index (χ1) is 12.7. The quantitative estimate of drug-likeness (QED) is 0.772. The molecule has 1 aliphatic heterocycles. The highest BCUT2D eigenvalue weighted by Gasteiger charge is 2.31. The highest BCUT2D eigenvalue weighted by Crippen LogP contribution is 2.25. The van der Waals surface area contributed by atoms with E-state index >= 15 is 0 Å². The molecule has 1 aromatic heterocycles. The number of aromatic amines is 1. The van der Waals surface area contributed by atoms with Crippen molar-refractivity contribution in [3.8, 4) is 0 Å². The number of amides is 2. The number of nitrogens with one attached hydrogen (secondary N) is 2. The number of carboxylic acid groups (broad SMARTS) is 1. The lowest BCUT2D eigenvalue weighted by Gasteiger charge is -2.33. The molecule has 0 saturated heterocycles. The zero-order chi connectivity index (χ0) is 19.8. The fourth-order valence-electron chi connectivity index (χ4n) is 3.24. The van der Waals surface area contributed by atoms with Gasteiger partial charge < -0.3 is 15.3 Å². The third kappa shape index (κ3) is 3.72. The van der Waals surface area contributed by atoms with Gasteiger partial charge in [0, 0.05) is 24.2 Å². The molecule has 0 radical (unpaired) electrons. The maximum atomic E-state index is 12.8. The van der Waals surface area contributed by atoms with E-state index in [1.54, 1.807) is 4.90 Å². The first kappa shape index (κ1) is 18.7. The minimum Gasteiger partial charge on any atom is -0.476 e. The summed E-state index contributed by atoms with van der Waals surface area (Å²) in [4.78, 5) is 25.8. The number of hydrogen-bond donors (Lipinski definition) is 3. The number of carbonyl (C=O) groups is 2. The van der Waals surface area contributed by atoms with Crippen molar-refractivity contribution >= 4 is 17.6 Å². The molecule has 0 fully saturated rings. The summed E-state index contributed by atoms with van der Waals surface area (Å²) >= 11 is 0. The summed E-state index contributed by atoms with van der Waals surface area (Å²) in [6.07, 6.45) is 0.550. The van der Waals surface area contributed by atoms with Gasteiger partial charge in [-0.25, -0.2) is 9.59 Å². The summed E-state index contributed by atoms with van der Waals surface area (Å²) in [6, 6.07) is 7.70. The van der Waals surface area contributed by atoms with E-state index in [9.17, 15) is 14.7 Å². The molecular weight excluding hydrogens is 344 g/mol. The average Bonchev–Trinajstić information content (AvgIpc) is 3.04. The molecular formula is C20H24N4O3. The minimum atomic E-state index is -1.09. The normalized spacial score (nSPS) is 13.8. The van der Waals surface area contributed by atoms with Crippen LogP contribution in [0.4, 0.5) is 4.79 Å². The van der Waals surface area contributed by atoms with Crippen LogP contribution in [0.15, 0.2) is 30.8 Å². The molecule has 2 heterocycles. The van der Waals surface area contributed by atoms with Gasteiger partial charge in [0.25, 0.3) is 0 Å². The Balaban J connectivity index is 1.77.